The molecule has 1 aromatic carbocycles. The zero-order valence-electron chi connectivity index (χ0n) is 9.20. The van der Waals surface area contributed by atoms with E-state index >= 15 is 0 Å². The lowest BCUT2D eigenvalue weighted by Crippen LogP contribution is -2.03. The molecular weight excluding hydrogens is 222 g/mol. The van der Waals surface area contributed by atoms with E-state index in [1.54, 1.807) is 24.3 Å². The molecule has 0 N–H and O–H groups in total. The highest BCUT2D eigenvalue weighted by atomic mass is 35.5. The summed E-state index contributed by atoms with van der Waals surface area (Å²) in [5.41, 5.74) is 2.38. The molecule has 0 amide bonds. The summed E-state index contributed by atoms with van der Waals surface area (Å²) in [6.07, 6.45) is 1.89. The van der Waals surface area contributed by atoms with Crippen molar-refractivity contribution in [1.82, 2.24) is 4.57 Å². The molecule has 82 valence electrons. The van der Waals surface area contributed by atoms with E-state index in [0.717, 1.165) is 11.3 Å². The summed E-state index contributed by atoms with van der Waals surface area (Å²) in [4.78, 5) is 12.1. The Morgan fingerprint density at radius 3 is 2.31 bits per heavy atom. The minimum Gasteiger partial charge on any atom is -0.354 e. The second-order valence-corrected chi connectivity index (χ2v) is 4.20. The molecule has 0 aliphatic carbocycles. The maximum absolute atomic E-state index is 12.1. The SMILES string of the molecule is Cc1c(C(=O)c2ccc(Cl)cc2)ccn1C. The van der Waals surface area contributed by atoms with E-state index in [4.69, 9.17) is 11.6 Å². The summed E-state index contributed by atoms with van der Waals surface area (Å²) in [5, 5.41) is 0.640. The number of carbonyl (C=O) groups is 1. The van der Waals surface area contributed by atoms with Crippen LogP contribution in [-0.2, 0) is 7.05 Å². The van der Waals surface area contributed by atoms with Crippen LogP contribution in [0.25, 0.3) is 0 Å². The Balaban J connectivity index is 2.39. The van der Waals surface area contributed by atoms with Crippen molar-refractivity contribution in [2.24, 2.45) is 7.05 Å². The number of carbonyl (C=O) groups excluding carboxylic acids is 1. The molecule has 16 heavy (non-hydrogen) atoms. The quantitative estimate of drug-likeness (QED) is 0.730. The molecule has 0 saturated heterocycles. The number of rotatable bonds is 2. The molecule has 2 nitrogen and oxygen atoms in total. The number of ketones is 1. The standard InChI is InChI=1S/C13H12ClNO/c1-9-12(7-8-15(9)2)13(16)10-3-5-11(14)6-4-10/h3-8H,1-2H3. The average molecular weight is 234 g/mol. The van der Waals surface area contributed by atoms with Gasteiger partial charge in [0.1, 0.15) is 0 Å². The van der Waals surface area contributed by atoms with E-state index in [2.05, 4.69) is 0 Å². The van der Waals surface area contributed by atoms with Crippen LogP contribution in [0, 0.1) is 6.92 Å². The van der Waals surface area contributed by atoms with Crippen molar-refractivity contribution in [1.29, 1.82) is 0 Å². The molecule has 0 unspecified atom stereocenters. The van der Waals surface area contributed by atoms with Crippen LogP contribution in [0.4, 0.5) is 0 Å². The normalized spacial score (nSPS) is 10.4. The van der Waals surface area contributed by atoms with Crippen LogP contribution in [0.2, 0.25) is 5.02 Å². The Labute approximate surface area is 99.5 Å². The maximum Gasteiger partial charge on any atom is 0.194 e. The van der Waals surface area contributed by atoms with Crippen LogP contribution in [0.1, 0.15) is 21.6 Å². The second-order valence-electron chi connectivity index (χ2n) is 3.76. The van der Waals surface area contributed by atoms with Crippen molar-refractivity contribution in [3.05, 3.63) is 58.4 Å². The zero-order valence-corrected chi connectivity index (χ0v) is 9.95. The molecule has 0 aliphatic rings. The van der Waals surface area contributed by atoms with Crippen molar-refractivity contribution >= 4 is 17.4 Å². The molecule has 1 aromatic heterocycles. The number of aromatic nitrogens is 1. The molecule has 0 radical (unpaired) electrons. The molecular formula is C13H12ClNO. The highest BCUT2D eigenvalue weighted by molar-refractivity contribution is 6.30. The minimum atomic E-state index is 0.0368. The first-order chi connectivity index (χ1) is 7.59. The molecule has 1 heterocycles. The van der Waals surface area contributed by atoms with Crippen molar-refractivity contribution in [3.63, 3.8) is 0 Å². The minimum absolute atomic E-state index is 0.0368. The van der Waals surface area contributed by atoms with Gasteiger partial charge in [-0.1, -0.05) is 11.6 Å². The number of aryl methyl sites for hydroxylation is 1. The van der Waals surface area contributed by atoms with Gasteiger partial charge in [-0.25, -0.2) is 0 Å². The van der Waals surface area contributed by atoms with Gasteiger partial charge in [-0.2, -0.15) is 0 Å². The first-order valence-corrected chi connectivity index (χ1v) is 5.39. The molecule has 0 aliphatic heterocycles. The third-order valence-electron chi connectivity index (χ3n) is 2.73. The van der Waals surface area contributed by atoms with E-state index in [0.29, 0.717) is 10.6 Å². The topological polar surface area (TPSA) is 22.0 Å². The Kier molecular flexibility index (Phi) is 2.84. The summed E-state index contributed by atoms with van der Waals surface area (Å²) in [6.45, 7) is 1.93. The van der Waals surface area contributed by atoms with Crippen LogP contribution in [0.3, 0.4) is 0 Å². The maximum atomic E-state index is 12.1. The van der Waals surface area contributed by atoms with Crippen molar-refractivity contribution in [2.75, 3.05) is 0 Å². The predicted molar refractivity (Wildman–Crippen MR) is 65.0 cm³/mol. The molecule has 3 heteroatoms. The Morgan fingerprint density at radius 1 is 1.19 bits per heavy atom. The van der Waals surface area contributed by atoms with Crippen LogP contribution in [-0.4, -0.2) is 10.4 Å². The lowest BCUT2D eigenvalue weighted by Gasteiger charge is -2.02. The predicted octanol–water partition coefficient (Wildman–Crippen LogP) is 3.22. The number of hydrogen-bond acceptors (Lipinski definition) is 1. The lowest BCUT2D eigenvalue weighted by atomic mass is 10.0. The van der Waals surface area contributed by atoms with E-state index in [-0.39, 0.29) is 5.78 Å². The van der Waals surface area contributed by atoms with Gasteiger partial charge < -0.3 is 4.57 Å². The highest BCUT2D eigenvalue weighted by Crippen LogP contribution is 2.16. The van der Waals surface area contributed by atoms with Gasteiger partial charge in [0.2, 0.25) is 0 Å². The summed E-state index contributed by atoms with van der Waals surface area (Å²) < 4.78 is 1.93. The number of halogens is 1. The molecule has 0 spiro atoms. The van der Waals surface area contributed by atoms with Crippen LogP contribution in [0.5, 0.6) is 0 Å². The van der Waals surface area contributed by atoms with Crippen LogP contribution in [0.15, 0.2) is 36.5 Å². The third-order valence-corrected chi connectivity index (χ3v) is 2.99. The zero-order chi connectivity index (χ0) is 11.7. The van der Waals surface area contributed by atoms with Gasteiger partial charge in [0.25, 0.3) is 0 Å². The van der Waals surface area contributed by atoms with Gasteiger partial charge in [0, 0.05) is 35.1 Å². The number of benzene rings is 1. The van der Waals surface area contributed by atoms with Gasteiger partial charge in [0.15, 0.2) is 5.78 Å². The summed E-state index contributed by atoms with van der Waals surface area (Å²) in [6, 6.07) is 8.79. The smallest absolute Gasteiger partial charge is 0.194 e. The van der Waals surface area contributed by atoms with Gasteiger partial charge in [-0.15, -0.1) is 0 Å². The first-order valence-electron chi connectivity index (χ1n) is 5.02. The number of nitrogens with zero attached hydrogens (tertiary/aromatic N) is 1. The number of hydrogen-bond donors (Lipinski definition) is 0. The molecule has 2 rings (SSSR count). The Bertz CT molecular complexity index is 525. The second kappa shape index (κ2) is 4.14. The first kappa shape index (κ1) is 11.0. The fourth-order valence-corrected chi connectivity index (χ4v) is 1.73. The lowest BCUT2D eigenvalue weighted by molar-refractivity contribution is 0.103. The Hall–Kier alpha value is -1.54. The molecule has 2 aromatic rings. The van der Waals surface area contributed by atoms with Gasteiger partial charge in [-0.3, -0.25) is 4.79 Å². The van der Waals surface area contributed by atoms with Crippen molar-refractivity contribution in [3.8, 4) is 0 Å². The van der Waals surface area contributed by atoms with Crippen LogP contribution < -0.4 is 0 Å². The Morgan fingerprint density at radius 2 is 1.81 bits per heavy atom. The van der Waals surface area contributed by atoms with Gasteiger partial charge in [-0.05, 0) is 37.3 Å². The van der Waals surface area contributed by atoms with Gasteiger partial charge in [0.05, 0.1) is 0 Å². The average Bonchev–Trinajstić information content (AvgIpc) is 2.60. The van der Waals surface area contributed by atoms with Crippen molar-refractivity contribution < 1.29 is 4.79 Å². The third kappa shape index (κ3) is 1.89. The monoisotopic (exact) mass is 233 g/mol. The summed E-state index contributed by atoms with van der Waals surface area (Å²) >= 11 is 5.78. The fraction of sp³-hybridized carbons (Fsp3) is 0.154. The van der Waals surface area contributed by atoms with E-state index < -0.39 is 0 Å². The molecule has 0 saturated carbocycles. The van der Waals surface area contributed by atoms with Crippen LogP contribution >= 0.6 is 11.6 Å². The highest BCUT2D eigenvalue weighted by Gasteiger charge is 2.13. The summed E-state index contributed by atoms with van der Waals surface area (Å²) in [5.74, 6) is 0.0368. The summed E-state index contributed by atoms with van der Waals surface area (Å²) in [7, 11) is 1.92. The molecule has 0 bridgehead atoms. The van der Waals surface area contributed by atoms with E-state index in [1.165, 1.54) is 0 Å². The van der Waals surface area contributed by atoms with Crippen molar-refractivity contribution in [2.45, 2.75) is 6.92 Å². The molecule has 0 fully saturated rings. The van der Waals surface area contributed by atoms with Gasteiger partial charge >= 0.3 is 0 Å². The fourth-order valence-electron chi connectivity index (χ4n) is 1.61. The van der Waals surface area contributed by atoms with E-state index in [9.17, 15) is 4.79 Å². The molecule has 0 atom stereocenters. The largest absolute Gasteiger partial charge is 0.354 e. The van der Waals surface area contributed by atoms with E-state index in [1.807, 2.05) is 30.8 Å².